The summed E-state index contributed by atoms with van der Waals surface area (Å²) < 4.78 is 0. The first-order valence-electron chi connectivity index (χ1n) is 6.35. The average molecular weight is 231 g/mol. The minimum Gasteiger partial charge on any atom is -0.373 e. The van der Waals surface area contributed by atoms with E-state index in [1.54, 1.807) is 4.90 Å². The van der Waals surface area contributed by atoms with Crippen LogP contribution in [0.2, 0.25) is 0 Å². The molecule has 1 aliphatic carbocycles. The third-order valence-corrected chi connectivity index (χ3v) is 4.06. The third kappa shape index (κ3) is 1.65. The Bertz CT molecular complexity index is 417. The van der Waals surface area contributed by atoms with Gasteiger partial charge in [-0.3, -0.25) is 9.69 Å². The molecule has 90 valence electrons. The van der Waals surface area contributed by atoms with Crippen LogP contribution in [0.3, 0.4) is 0 Å². The van der Waals surface area contributed by atoms with Gasteiger partial charge >= 0.3 is 0 Å². The highest BCUT2D eigenvalue weighted by molar-refractivity contribution is 5.98. The summed E-state index contributed by atoms with van der Waals surface area (Å²) in [6.45, 7) is 0. The smallest absolute Gasteiger partial charge is 0.232 e. The molecule has 3 atom stereocenters. The number of aliphatic hydroxyl groups excluding tert-OH is 1. The normalized spacial score (nSPS) is 32.6. The molecule has 0 spiro atoms. The number of nitrogens with zero attached hydrogens (tertiary/aromatic N) is 1. The lowest BCUT2D eigenvalue weighted by atomic mass is 9.81. The molecule has 1 aliphatic heterocycles. The molecule has 1 saturated heterocycles. The number of rotatable bonds is 1. The van der Waals surface area contributed by atoms with Crippen LogP contribution < -0.4 is 4.90 Å². The molecular formula is C14H17NO2. The Labute approximate surface area is 101 Å². The van der Waals surface area contributed by atoms with Crippen molar-refractivity contribution in [1.82, 2.24) is 0 Å². The van der Waals surface area contributed by atoms with Gasteiger partial charge in [0, 0.05) is 17.5 Å². The molecule has 17 heavy (non-hydrogen) atoms. The van der Waals surface area contributed by atoms with Gasteiger partial charge in [0.25, 0.3) is 0 Å². The molecule has 0 aromatic heterocycles. The first-order valence-corrected chi connectivity index (χ1v) is 6.35. The Morgan fingerprint density at radius 3 is 2.53 bits per heavy atom. The number of aliphatic hydroxyl groups is 1. The minimum absolute atomic E-state index is 0.0407. The zero-order valence-corrected chi connectivity index (χ0v) is 9.75. The van der Waals surface area contributed by atoms with E-state index in [-0.39, 0.29) is 17.7 Å². The third-order valence-electron chi connectivity index (χ3n) is 4.06. The Kier molecular flexibility index (Phi) is 2.63. The fourth-order valence-corrected chi connectivity index (χ4v) is 3.19. The molecule has 0 radical (unpaired) electrons. The van der Waals surface area contributed by atoms with Gasteiger partial charge in [0.1, 0.15) is 6.23 Å². The number of hydrogen-bond acceptors (Lipinski definition) is 2. The van der Waals surface area contributed by atoms with E-state index in [9.17, 15) is 9.90 Å². The second kappa shape index (κ2) is 4.15. The molecule has 3 heteroatoms. The maximum atomic E-state index is 12.3. The van der Waals surface area contributed by atoms with Crippen molar-refractivity contribution in [3.63, 3.8) is 0 Å². The van der Waals surface area contributed by atoms with Crippen molar-refractivity contribution in [2.45, 2.75) is 31.9 Å². The molecule has 1 N–H and O–H groups in total. The SMILES string of the molecule is O=C1[C@@H]2CCCC[C@@H]2C(O)N1c1ccccc1. The molecule has 2 aliphatic rings. The van der Waals surface area contributed by atoms with E-state index in [2.05, 4.69) is 0 Å². The zero-order chi connectivity index (χ0) is 11.8. The molecule has 3 rings (SSSR count). The maximum Gasteiger partial charge on any atom is 0.232 e. The van der Waals surface area contributed by atoms with Crippen LogP contribution in [0.25, 0.3) is 0 Å². The van der Waals surface area contributed by atoms with Crippen LogP contribution >= 0.6 is 0 Å². The van der Waals surface area contributed by atoms with E-state index < -0.39 is 6.23 Å². The molecule has 1 unspecified atom stereocenters. The predicted octanol–water partition coefficient (Wildman–Crippen LogP) is 2.16. The topological polar surface area (TPSA) is 40.5 Å². The maximum absolute atomic E-state index is 12.3. The molecule has 1 amide bonds. The molecule has 1 aromatic rings. The Balaban J connectivity index is 1.93. The number of amides is 1. The van der Waals surface area contributed by atoms with Crippen molar-refractivity contribution in [2.24, 2.45) is 11.8 Å². The summed E-state index contributed by atoms with van der Waals surface area (Å²) in [7, 11) is 0. The molecular weight excluding hydrogens is 214 g/mol. The Hall–Kier alpha value is -1.35. The van der Waals surface area contributed by atoms with E-state index >= 15 is 0 Å². The van der Waals surface area contributed by atoms with Gasteiger partial charge < -0.3 is 5.11 Å². The second-order valence-electron chi connectivity index (χ2n) is 5.01. The fraction of sp³-hybridized carbons (Fsp3) is 0.500. The lowest BCUT2D eigenvalue weighted by Crippen LogP contribution is -2.35. The van der Waals surface area contributed by atoms with Gasteiger partial charge in [-0.05, 0) is 25.0 Å². The molecule has 0 bridgehead atoms. The van der Waals surface area contributed by atoms with Crippen molar-refractivity contribution in [3.05, 3.63) is 30.3 Å². The first-order chi connectivity index (χ1) is 8.29. The van der Waals surface area contributed by atoms with Crippen molar-refractivity contribution in [3.8, 4) is 0 Å². The van der Waals surface area contributed by atoms with Crippen LogP contribution in [0.5, 0.6) is 0 Å². The van der Waals surface area contributed by atoms with Gasteiger partial charge in [-0.2, -0.15) is 0 Å². The Morgan fingerprint density at radius 2 is 1.82 bits per heavy atom. The van der Waals surface area contributed by atoms with Gasteiger partial charge in [0.2, 0.25) is 5.91 Å². The van der Waals surface area contributed by atoms with Crippen molar-refractivity contribution < 1.29 is 9.90 Å². The van der Waals surface area contributed by atoms with Gasteiger partial charge in [-0.1, -0.05) is 31.0 Å². The van der Waals surface area contributed by atoms with E-state index in [1.807, 2.05) is 30.3 Å². The lowest BCUT2D eigenvalue weighted by Gasteiger charge is -2.25. The molecule has 2 fully saturated rings. The number of carbonyl (C=O) groups excluding carboxylic acids is 1. The van der Waals surface area contributed by atoms with Crippen LogP contribution in [0.1, 0.15) is 25.7 Å². The largest absolute Gasteiger partial charge is 0.373 e. The van der Waals surface area contributed by atoms with Crippen molar-refractivity contribution in [1.29, 1.82) is 0 Å². The molecule has 1 saturated carbocycles. The van der Waals surface area contributed by atoms with Crippen molar-refractivity contribution in [2.75, 3.05) is 4.90 Å². The predicted molar refractivity (Wildman–Crippen MR) is 65.4 cm³/mol. The van der Waals surface area contributed by atoms with E-state index in [0.29, 0.717) is 0 Å². The lowest BCUT2D eigenvalue weighted by molar-refractivity contribution is -0.121. The van der Waals surface area contributed by atoms with E-state index in [4.69, 9.17) is 0 Å². The number of hydrogen-bond donors (Lipinski definition) is 1. The van der Waals surface area contributed by atoms with Gasteiger partial charge in [-0.15, -0.1) is 0 Å². The van der Waals surface area contributed by atoms with Crippen molar-refractivity contribution >= 4 is 11.6 Å². The fourth-order valence-electron chi connectivity index (χ4n) is 3.19. The summed E-state index contributed by atoms with van der Waals surface area (Å²) in [5.41, 5.74) is 0.819. The second-order valence-corrected chi connectivity index (χ2v) is 5.01. The average Bonchev–Trinajstić information content (AvgIpc) is 2.64. The van der Waals surface area contributed by atoms with E-state index in [0.717, 1.165) is 31.4 Å². The van der Waals surface area contributed by atoms with Crippen LogP contribution in [0.15, 0.2) is 30.3 Å². The summed E-state index contributed by atoms with van der Waals surface area (Å²) in [5, 5.41) is 10.3. The van der Waals surface area contributed by atoms with Crippen LogP contribution in [-0.2, 0) is 4.79 Å². The number of carbonyl (C=O) groups is 1. The van der Waals surface area contributed by atoms with Gasteiger partial charge in [0.05, 0.1) is 0 Å². The summed E-state index contributed by atoms with van der Waals surface area (Å²) >= 11 is 0. The number of anilines is 1. The Morgan fingerprint density at radius 1 is 1.12 bits per heavy atom. The van der Waals surface area contributed by atoms with Crippen LogP contribution in [-0.4, -0.2) is 17.2 Å². The minimum atomic E-state index is -0.629. The van der Waals surface area contributed by atoms with Crippen LogP contribution in [0, 0.1) is 11.8 Å². The highest BCUT2D eigenvalue weighted by atomic mass is 16.3. The summed E-state index contributed by atoms with van der Waals surface area (Å²) in [5.74, 6) is 0.281. The first kappa shape index (κ1) is 10.8. The van der Waals surface area contributed by atoms with Gasteiger partial charge in [0.15, 0.2) is 0 Å². The standard InChI is InChI=1S/C14H17NO2/c16-13-11-8-4-5-9-12(11)14(17)15(13)10-6-2-1-3-7-10/h1-3,6-7,11-13,16H,4-5,8-9H2/t11-,12+,13?/m0/s1. The number of para-hydroxylation sites is 1. The summed E-state index contributed by atoms with van der Waals surface area (Å²) in [4.78, 5) is 13.9. The van der Waals surface area contributed by atoms with E-state index in [1.165, 1.54) is 0 Å². The quantitative estimate of drug-likeness (QED) is 0.804. The highest BCUT2D eigenvalue weighted by Gasteiger charge is 2.48. The molecule has 1 aromatic carbocycles. The van der Waals surface area contributed by atoms with Gasteiger partial charge in [-0.25, -0.2) is 0 Å². The molecule has 1 heterocycles. The zero-order valence-electron chi connectivity index (χ0n) is 9.75. The van der Waals surface area contributed by atoms with Crippen LogP contribution in [0.4, 0.5) is 5.69 Å². The monoisotopic (exact) mass is 231 g/mol. The number of benzene rings is 1. The highest BCUT2D eigenvalue weighted by Crippen LogP contribution is 2.42. The number of fused-ring (bicyclic) bond motifs is 1. The summed E-state index contributed by atoms with van der Waals surface area (Å²) in [6.07, 6.45) is 3.52. The summed E-state index contributed by atoms with van der Waals surface area (Å²) in [6, 6.07) is 9.50. The molecule has 3 nitrogen and oxygen atoms in total.